The Morgan fingerprint density at radius 3 is 2.95 bits per heavy atom. The van der Waals surface area contributed by atoms with Gasteiger partial charge in [0.05, 0.1) is 18.6 Å². The minimum absolute atomic E-state index is 0.0790. The van der Waals surface area contributed by atoms with Crippen molar-refractivity contribution in [3.8, 4) is 0 Å². The highest BCUT2D eigenvalue weighted by atomic mass is 16.6. The smallest absolute Gasteiger partial charge is 0.222 e. The van der Waals surface area contributed by atoms with Gasteiger partial charge in [-0.25, -0.2) is 9.97 Å². The molecule has 118 valence electrons. The monoisotopic (exact) mass is 307 g/mol. The fourth-order valence-electron chi connectivity index (χ4n) is 2.63. The maximum atomic E-state index is 10.1. The van der Waals surface area contributed by atoms with Crippen LogP contribution in [0.1, 0.15) is 11.9 Å². The number of imidazole rings is 1. The number of aliphatic hydroxyl groups excluding tert-OH is 2. The van der Waals surface area contributed by atoms with Gasteiger partial charge in [-0.3, -0.25) is 4.57 Å². The average Bonchev–Trinajstić information content (AvgIpc) is 3.06. The number of hydrogen-bond acceptors (Lipinski definition) is 8. The SMILES string of the molecule is C=Cc1nc(N)nc2c1ncn2[C@@H]1O[C@H](CO)[C@@H](O)[C@H]1OC. The van der Waals surface area contributed by atoms with Crippen molar-refractivity contribution in [1.82, 2.24) is 19.5 Å². The van der Waals surface area contributed by atoms with E-state index in [-0.39, 0.29) is 12.6 Å². The minimum atomic E-state index is -0.962. The van der Waals surface area contributed by atoms with E-state index in [0.29, 0.717) is 16.9 Å². The maximum Gasteiger partial charge on any atom is 0.222 e. The molecule has 3 heterocycles. The summed E-state index contributed by atoms with van der Waals surface area (Å²) in [5.74, 6) is 0.0790. The summed E-state index contributed by atoms with van der Waals surface area (Å²) in [5, 5.41) is 19.4. The van der Waals surface area contributed by atoms with Crippen LogP contribution in [0, 0.1) is 0 Å². The lowest BCUT2D eigenvalue weighted by Crippen LogP contribution is -2.34. The third-order valence-corrected chi connectivity index (χ3v) is 3.70. The van der Waals surface area contributed by atoms with Gasteiger partial charge in [0.2, 0.25) is 5.95 Å². The van der Waals surface area contributed by atoms with Crippen molar-refractivity contribution in [1.29, 1.82) is 0 Å². The number of rotatable bonds is 4. The Labute approximate surface area is 126 Å². The van der Waals surface area contributed by atoms with Gasteiger partial charge < -0.3 is 25.4 Å². The molecule has 0 saturated carbocycles. The molecule has 0 radical (unpaired) electrons. The van der Waals surface area contributed by atoms with Crippen LogP contribution in [-0.2, 0) is 9.47 Å². The third-order valence-electron chi connectivity index (χ3n) is 3.70. The first kappa shape index (κ1) is 14.9. The van der Waals surface area contributed by atoms with Crippen LogP contribution in [0.3, 0.4) is 0 Å². The molecular weight excluding hydrogens is 290 g/mol. The van der Waals surface area contributed by atoms with Crippen LogP contribution in [0.15, 0.2) is 12.9 Å². The van der Waals surface area contributed by atoms with E-state index in [4.69, 9.17) is 15.2 Å². The summed E-state index contributed by atoms with van der Waals surface area (Å²) in [6.45, 7) is 3.35. The van der Waals surface area contributed by atoms with Gasteiger partial charge in [0.25, 0.3) is 0 Å². The number of nitrogens with zero attached hydrogens (tertiary/aromatic N) is 4. The van der Waals surface area contributed by atoms with Crippen LogP contribution >= 0.6 is 0 Å². The topological polar surface area (TPSA) is 129 Å². The number of nitrogen functional groups attached to an aromatic ring is 1. The van der Waals surface area contributed by atoms with Gasteiger partial charge in [-0.05, 0) is 6.08 Å². The number of aromatic nitrogens is 4. The number of fused-ring (bicyclic) bond motifs is 1. The van der Waals surface area contributed by atoms with E-state index in [2.05, 4.69) is 21.5 Å². The van der Waals surface area contributed by atoms with Crippen LogP contribution < -0.4 is 5.73 Å². The summed E-state index contributed by atoms with van der Waals surface area (Å²) >= 11 is 0. The third kappa shape index (κ3) is 2.15. The Bertz CT molecular complexity index is 703. The highest BCUT2D eigenvalue weighted by Gasteiger charge is 2.45. The van der Waals surface area contributed by atoms with Crippen molar-refractivity contribution >= 4 is 23.2 Å². The fourth-order valence-corrected chi connectivity index (χ4v) is 2.63. The number of anilines is 1. The summed E-state index contributed by atoms with van der Waals surface area (Å²) in [7, 11) is 1.46. The number of aliphatic hydroxyl groups is 2. The Balaban J connectivity index is 2.10. The molecule has 22 heavy (non-hydrogen) atoms. The summed E-state index contributed by atoms with van der Waals surface area (Å²) < 4.78 is 12.6. The maximum absolute atomic E-state index is 10.1. The van der Waals surface area contributed by atoms with Crippen LogP contribution in [-0.4, -0.2) is 61.8 Å². The van der Waals surface area contributed by atoms with Crippen molar-refractivity contribution in [2.24, 2.45) is 0 Å². The first-order chi connectivity index (χ1) is 10.6. The van der Waals surface area contributed by atoms with Crippen LogP contribution in [0.5, 0.6) is 0 Å². The van der Waals surface area contributed by atoms with E-state index in [0.717, 1.165) is 0 Å². The van der Waals surface area contributed by atoms with Gasteiger partial charge in [-0.2, -0.15) is 4.98 Å². The zero-order valence-electron chi connectivity index (χ0n) is 12.0. The lowest BCUT2D eigenvalue weighted by atomic mass is 10.1. The van der Waals surface area contributed by atoms with E-state index in [1.54, 1.807) is 4.57 Å². The van der Waals surface area contributed by atoms with Crippen molar-refractivity contribution in [3.63, 3.8) is 0 Å². The van der Waals surface area contributed by atoms with Crippen molar-refractivity contribution in [2.75, 3.05) is 19.5 Å². The molecule has 9 nitrogen and oxygen atoms in total. The second-order valence-electron chi connectivity index (χ2n) is 4.93. The van der Waals surface area contributed by atoms with Crippen LogP contribution in [0.2, 0.25) is 0 Å². The van der Waals surface area contributed by atoms with E-state index < -0.39 is 24.5 Å². The zero-order chi connectivity index (χ0) is 15.9. The molecule has 2 aromatic rings. The van der Waals surface area contributed by atoms with E-state index in [9.17, 15) is 10.2 Å². The molecule has 1 fully saturated rings. The number of ether oxygens (including phenoxy) is 2. The van der Waals surface area contributed by atoms with Crippen molar-refractivity contribution in [2.45, 2.75) is 24.5 Å². The van der Waals surface area contributed by atoms with E-state index in [1.807, 2.05) is 0 Å². The fraction of sp³-hybridized carbons (Fsp3) is 0.462. The summed E-state index contributed by atoms with van der Waals surface area (Å²) in [5.41, 5.74) is 7.17. The number of hydrogen-bond donors (Lipinski definition) is 3. The van der Waals surface area contributed by atoms with Gasteiger partial charge in [0.1, 0.15) is 23.8 Å². The molecule has 1 aliphatic heterocycles. The molecule has 9 heteroatoms. The van der Waals surface area contributed by atoms with E-state index >= 15 is 0 Å². The molecule has 0 aliphatic carbocycles. The predicted molar refractivity (Wildman–Crippen MR) is 77.6 cm³/mol. The van der Waals surface area contributed by atoms with Crippen LogP contribution in [0.25, 0.3) is 17.2 Å². The zero-order valence-corrected chi connectivity index (χ0v) is 12.0. The highest BCUT2D eigenvalue weighted by Crippen LogP contribution is 2.33. The summed E-state index contributed by atoms with van der Waals surface area (Å²) in [4.78, 5) is 12.5. The summed E-state index contributed by atoms with van der Waals surface area (Å²) in [6.07, 6.45) is -0.0190. The molecule has 4 N–H and O–H groups in total. The highest BCUT2D eigenvalue weighted by molar-refractivity contribution is 5.80. The second kappa shape index (κ2) is 5.61. The summed E-state index contributed by atoms with van der Waals surface area (Å²) in [6, 6.07) is 0. The molecule has 4 atom stereocenters. The molecule has 0 unspecified atom stereocenters. The quantitative estimate of drug-likeness (QED) is 0.677. The molecule has 0 spiro atoms. The van der Waals surface area contributed by atoms with Crippen LogP contribution in [0.4, 0.5) is 5.95 Å². The molecular formula is C13H17N5O4. The number of methoxy groups -OCH3 is 1. The lowest BCUT2D eigenvalue weighted by Gasteiger charge is -2.20. The van der Waals surface area contributed by atoms with Gasteiger partial charge in [-0.1, -0.05) is 6.58 Å². The molecule has 0 aromatic carbocycles. The normalized spacial score (nSPS) is 28.3. The average molecular weight is 307 g/mol. The Morgan fingerprint density at radius 2 is 2.32 bits per heavy atom. The Kier molecular flexibility index (Phi) is 3.79. The lowest BCUT2D eigenvalue weighted by molar-refractivity contribution is -0.0583. The number of nitrogens with two attached hydrogens (primary N) is 1. The Morgan fingerprint density at radius 1 is 1.55 bits per heavy atom. The Hall–Kier alpha value is -2.07. The van der Waals surface area contributed by atoms with Gasteiger partial charge >= 0.3 is 0 Å². The molecule has 0 bridgehead atoms. The first-order valence-electron chi connectivity index (χ1n) is 6.70. The van der Waals surface area contributed by atoms with Crippen molar-refractivity contribution < 1.29 is 19.7 Å². The molecule has 1 aliphatic rings. The van der Waals surface area contributed by atoms with Crippen molar-refractivity contribution in [3.05, 3.63) is 18.6 Å². The predicted octanol–water partition coefficient (Wildman–Crippen LogP) is -0.683. The second-order valence-corrected chi connectivity index (χ2v) is 4.93. The van der Waals surface area contributed by atoms with Gasteiger partial charge in [0.15, 0.2) is 11.9 Å². The molecule has 0 amide bonds. The minimum Gasteiger partial charge on any atom is -0.394 e. The van der Waals surface area contributed by atoms with Gasteiger partial charge in [0, 0.05) is 7.11 Å². The standard InChI is InChI=1S/C13H17N5O4/c1-3-6-8-11(17-13(14)16-6)18(5-15-8)12-10(21-2)9(20)7(4-19)22-12/h3,5,7,9-10,12,19-20H,1,4H2,2H3,(H2,14,16,17)/t7-,9-,10-,12-/m1/s1. The molecule has 3 rings (SSSR count). The molecule has 1 saturated heterocycles. The molecule has 2 aromatic heterocycles. The largest absolute Gasteiger partial charge is 0.394 e. The first-order valence-corrected chi connectivity index (χ1v) is 6.70. The van der Waals surface area contributed by atoms with E-state index in [1.165, 1.54) is 19.5 Å². The van der Waals surface area contributed by atoms with Gasteiger partial charge in [-0.15, -0.1) is 0 Å².